The summed E-state index contributed by atoms with van der Waals surface area (Å²) >= 11 is 0. The van der Waals surface area contributed by atoms with Crippen LogP contribution in [-0.2, 0) is 0 Å². The van der Waals surface area contributed by atoms with E-state index < -0.39 is 11.6 Å². The zero-order valence-electron chi connectivity index (χ0n) is 11.4. The zero-order chi connectivity index (χ0) is 14.0. The Balaban J connectivity index is 2.62. The molecule has 1 aromatic heterocycles. The van der Waals surface area contributed by atoms with Gasteiger partial charge in [0.1, 0.15) is 17.5 Å². The van der Waals surface area contributed by atoms with E-state index in [9.17, 15) is 8.78 Å². The lowest BCUT2D eigenvalue weighted by Gasteiger charge is -2.15. The second kappa shape index (κ2) is 5.51. The molecular weight excluding hydrogens is 246 g/mol. The molecule has 0 aliphatic rings. The Bertz CT molecular complexity index is 594. The number of rotatable bonds is 4. The van der Waals surface area contributed by atoms with E-state index in [1.807, 2.05) is 13.8 Å². The summed E-state index contributed by atoms with van der Waals surface area (Å²) in [5.74, 6) is -0.224. The number of nitrogens with one attached hydrogen (secondary N) is 1. The van der Waals surface area contributed by atoms with E-state index in [0.717, 1.165) is 24.6 Å². The molecule has 0 fully saturated rings. The number of nitrogens with zero attached hydrogens (tertiary/aromatic N) is 1. The highest BCUT2D eigenvalue weighted by Crippen LogP contribution is 2.28. The van der Waals surface area contributed by atoms with Crippen molar-refractivity contribution in [3.05, 3.63) is 35.4 Å². The highest BCUT2D eigenvalue weighted by Gasteiger charge is 2.13. The molecule has 4 heteroatoms. The number of fused-ring (bicyclic) bond motifs is 1. The minimum absolute atomic E-state index is 0.223. The van der Waals surface area contributed by atoms with Crippen LogP contribution >= 0.6 is 0 Å². The van der Waals surface area contributed by atoms with Gasteiger partial charge < -0.3 is 5.32 Å². The molecule has 2 rings (SSSR count). The second-order valence-corrected chi connectivity index (χ2v) is 4.96. The molecule has 0 spiro atoms. The highest BCUT2D eigenvalue weighted by molar-refractivity contribution is 5.82. The van der Waals surface area contributed by atoms with Gasteiger partial charge in [-0.05, 0) is 24.0 Å². The monoisotopic (exact) mass is 264 g/mol. The van der Waals surface area contributed by atoms with Crippen molar-refractivity contribution in [3.8, 4) is 0 Å². The molecule has 2 aromatic rings. The fraction of sp³-hybridized carbons (Fsp3) is 0.400. The average molecular weight is 264 g/mol. The number of hydrogen-bond acceptors (Lipinski definition) is 2. The summed E-state index contributed by atoms with van der Waals surface area (Å²) in [5, 5.41) is 3.59. The first kappa shape index (κ1) is 13.7. The molecule has 0 saturated carbocycles. The average Bonchev–Trinajstić information content (AvgIpc) is 2.34. The predicted octanol–water partition coefficient (Wildman–Crippen LogP) is 4.46. The molecule has 102 valence electrons. The van der Waals surface area contributed by atoms with Gasteiger partial charge in [-0.25, -0.2) is 13.8 Å². The lowest BCUT2D eigenvalue weighted by Crippen LogP contribution is -2.07. The van der Waals surface area contributed by atoms with E-state index in [1.165, 1.54) is 6.07 Å². The van der Waals surface area contributed by atoms with Gasteiger partial charge in [-0.1, -0.05) is 20.8 Å². The maximum atomic E-state index is 13.8. The van der Waals surface area contributed by atoms with Crippen molar-refractivity contribution in [2.75, 3.05) is 11.9 Å². The normalized spacial score (nSPS) is 11.3. The van der Waals surface area contributed by atoms with Crippen LogP contribution < -0.4 is 5.32 Å². The van der Waals surface area contributed by atoms with Gasteiger partial charge in [-0.15, -0.1) is 0 Å². The number of halogens is 2. The van der Waals surface area contributed by atoms with Gasteiger partial charge in [-0.3, -0.25) is 0 Å². The third kappa shape index (κ3) is 2.83. The van der Waals surface area contributed by atoms with Gasteiger partial charge in [0.15, 0.2) is 0 Å². The summed E-state index contributed by atoms with van der Waals surface area (Å²) in [7, 11) is 0. The Morgan fingerprint density at radius 1 is 1.21 bits per heavy atom. The summed E-state index contributed by atoms with van der Waals surface area (Å²) < 4.78 is 27.0. The number of benzene rings is 1. The number of hydrogen-bond donors (Lipinski definition) is 1. The van der Waals surface area contributed by atoms with Gasteiger partial charge in [0.05, 0.1) is 5.52 Å². The van der Waals surface area contributed by atoms with E-state index in [-0.39, 0.29) is 5.92 Å². The molecule has 0 unspecified atom stereocenters. The summed E-state index contributed by atoms with van der Waals surface area (Å²) in [6.07, 6.45) is 0.967. The van der Waals surface area contributed by atoms with E-state index >= 15 is 0 Å². The number of anilines is 1. The molecule has 0 radical (unpaired) electrons. The lowest BCUT2D eigenvalue weighted by molar-refractivity contribution is 0.591. The molecule has 0 aliphatic carbocycles. The summed E-state index contributed by atoms with van der Waals surface area (Å²) in [5.41, 5.74) is 1.30. The van der Waals surface area contributed by atoms with Gasteiger partial charge in [-0.2, -0.15) is 0 Å². The molecule has 0 bridgehead atoms. The smallest absolute Gasteiger partial charge is 0.135 e. The van der Waals surface area contributed by atoms with Crippen molar-refractivity contribution in [1.29, 1.82) is 0 Å². The standard InChI is InChI=1S/C15H18F2N2/c1-4-5-18-15-11(9(2)3)8-12-13(17)6-10(16)7-14(12)19-15/h6-9H,4-5H2,1-3H3,(H,18,19). The van der Waals surface area contributed by atoms with Crippen LogP contribution in [-0.4, -0.2) is 11.5 Å². The first-order valence-corrected chi connectivity index (χ1v) is 6.56. The van der Waals surface area contributed by atoms with E-state index in [1.54, 1.807) is 6.07 Å². The van der Waals surface area contributed by atoms with Crippen LogP contribution in [0.15, 0.2) is 18.2 Å². The van der Waals surface area contributed by atoms with Crippen LogP contribution in [0.4, 0.5) is 14.6 Å². The van der Waals surface area contributed by atoms with E-state index in [2.05, 4.69) is 17.2 Å². The Hall–Kier alpha value is -1.71. The first-order valence-electron chi connectivity index (χ1n) is 6.56. The molecule has 2 nitrogen and oxygen atoms in total. The van der Waals surface area contributed by atoms with Crippen LogP contribution in [0.3, 0.4) is 0 Å². The third-order valence-corrected chi connectivity index (χ3v) is 3.04. The van der Waals surface area contributed by atoms with Crippen LogP contribution in [0.2, 0.25) is 0 Å². The highest BCUT2D eigenvalue weighted by atomic mass is 19.1. The van der Waals surface area contributed by atoms with Gasteiger partial charge in [0.25, 0.3) is 0 Å². The van der Waals surface area contributed by atoms with Crippen LogP contribution in [0, 0.1) is 11.6 Å². The molecule has 19 heavy (non-hydrogen) atoms. The van der Waals surface area contributed by atoms with Crippen molar-refractivity contribution < 1.29 is 8.78 Å². The van der Waals surface area contributed by atoms with Crippen molar-refractivity contribution >= 4 is 16.7 Å². The van der Waals surface area contributed by atoms with Crippen molar-refractivity contribution in [1.82, 2.24) is 4.98 Å². The van der Waals surface area contributed by atoms with Gasteiger partial charge in [0.2, 0.25) is 0 Å². The van der Waals surface area contributed by atoms with E-state index in [0.29, 0.717) is 16.7 Å². The molecular formula is C15H18F2N2. The molecule has 1 aromatic carbocycles. The summed E-state index contributed by atoms with van der Waals surface area (Å²) in [4.78, 5) is 4.36. The molecule has 1 N–H and O–H groups in total. The van der Waals surface area contributed by atoms with Crippen molar-refractivity contribution in [2.24, 2.45) is 0 Å². The Morgan fingerprint density at radius 2 is 1.95 bits per heavy atom. The summed E-state index contributed by atoms with van der Waals surface area (Å²) in [6, 6.07) is 3.92. The Kier molecular flexibility index (Phi) is 3.98. The van der Waals surface area contributed by atoms with Crippen molar-refractivity contribution in [3.63, 3.8) is 0 Å². The maximum Gasteiger partial charge on any atom is 0.135 e. The molecule has 0 atom stereocenters. The fourth-order valence-corrected chi connectivity index (χ4v) is 2.04. The van der Waals surface area contributed by atoms with Crippen molar-refractivity contribution in [2.45, 2.75) is 33.1 Å². The second-order valence-electron chi connectivity index (χ2n) is 4.96. The molecule has 0 amide bonds. The molecule has 0 saturated heterocycles. The van der Waals surface area contributed by atoms with Crippen LogP contribution in [0.25, 0.3) is 10.9 Å². The number of aromatic nitrogens is 1. The maximum absolute atomic E-state index is 13.8. The number of pyridine rings is 1. The van der Waals surface area contributed by atoms with Crippen LogP contribution in [0.5, 0.6) is 0 Å². The van der Waals surface area contributed by atoms with E-state index in [4.69, 9.17) is 0 Å². The largest absolute Gasteiger partial charge is 0.370 e. The van der Waals surface area contributed by atoms with Crippen LogP contribution in [0.1, 0.15) is 38.7 Å². The predicted molar refractivity (Wildman–Crippen MR) is 74.5 cm³/mol. The molecule has 0 aliphatic heterocycles. The first-order chi connectivity index (χ1) is 9.02. The fourth-order valence-electron chi connectivity index (χ4n) is 2.04. The minimum Gasteiger partial charge on any atom is -0.370 e. The van der Waals surface area contributed by atoms with Gasteiger partial charge >= 0.3 is 0 Å². The SMILES string of the molecule is CCCNc1nc2cc(F)cc(F)c2cc1C(C)C. The van der Waals surface area contributed by atoms with Gasteiger partial charge in [0, 0.05) is 24.1 Å². The minimum atomic E-state index is -0.601. The Morgan fingerprint density at radius 3 is 2.58 bits per heavy atom. The Labute approximate surface area is 111 Å². The third-order valence-electron chi connectivity index (χ3n) is 3.04. The lowest BCUT2D eigenvalue weighted by atomic mass is 10.0. The molecule has 1 heterocycles. The topological polar surface area (TPSA) is 24.9 Å². The summed E-state index contributed by atoms with van der Waals surface area (Å²) in [6.45, 7) is 6.90. The quantitative estimate of drug-likeness (QED) is 0.882. The zero-order valence-corrected chi connectivity index (χ0v) is 11.4.